The van der Waals surface area contributed by atoms with E-state index in [1.807, 2.05) is 4.68 Å². The monoisotopic (exact) mass is 251 g/mol. The van der Waals surface area contributed by atoms with E-state index in [9.17, 15) is 4.79 Å². The van der Waals surface area contributed by atoms with E-state index in [0.717, 1.165) is 12.8 Å². The molecule has 0 radical (unpaired) electrons. The number of nitrogens with two attached hydrogens (primary N) is 1. The van der Waals surface area contributed by atoms with E-state index >= 15 is 0 Å². The molecule has 1 aliphatic rings. The topological polar surface area (TPSA) is 70.1 Å². The van der Waals surface area contributed by atoms with Gasteiger partial charge in [0, 0.05) is 6.20 Å². The lowest BCUT2D eigenvalue weighted by molar-refractivity contribution is 0.0593. The van der Waals surface area contributed by atoms with Crippen LogP contribution in [0, 0.1) is 5.92 Å². The van der Waals surface area contributed by atoms with Crippen LogP contribution in [0.3, 0.4) is 0 Å². The zero-order chi connectivity index (χ0) is 13.1. The summed E-state index contributed by atoms with van der Waals surface area (Å²) < 4.78 is 6.55. The second-order valence-corrected chi connectivity index (χ2v) is 4.92. The highest BCUT2D eigenvalue weighted by molar-refractivity contribution is 5.92. The highest BCUT2D eigenvalue weighted by atomic mass is 16.5. The van der Waals surface area contributed by atoms with Crippen LogP contribution in [0.2, 0.25) is 0 Å². The lowest BCUT2D eigenvalue weighted by Gasteiger charge is -2.30. The Morgan fingerprint density at radius 2 is 2.28 bits per heavy atom. The van der Waals surface area contributed by atoms with E-state index < -0.39 is 5.97 Å². The van der Waals surface area contributed by atoms with Crippen molar-refractivity contribution < 1.29 is 9.53 Å². The van der Waals surface area contributed by atoms with Crippen molar-refractivity contribution in [2.75, 3.05) is 12.8 Å². The van der Waals surface area contributed by atoms with Crippen LogP contribution < -0.4 is 5.73 Å². The molecule has 18 heavy (non-hydrogen) atoms. The fraction of sp³-hybridized carbons (Fsp3) is 0.692. The average Bonchev–Trinajstić information content (AvgIpc) is 2.79. The first-order valence-electron chi connectivity index (χ1n) is 6.60. The summed E-state index contributed by atoms with van der Waals surface area (Å²) in [5.74, 6) is 0.165. The maximum atomic E-state index is 11.5. The van der Waals surface area contributed by atoms with Gasteiger partial charge in [-0.05, 0) is 18.8 Å². The summed E-state index contributed by atoms with van der Waals surface area (Å²) in [6, 6.07) is 0.365. The Hall–Kier alpha value is -1.52. The third-order valence-electron chi connectivity index (χ3n) is 3.87. The number of hydrogen-bond donors (Lipinski definition) is 1. The van der Waals surface area contributed by atoms with Crippen molar-refractivity contribution in [2.45, 2.75) is 45.1 Å². The number of nitrogens with zero attached hydrogens (tertiary/aromatic N) is 2. The van der Waals surface area contributed by atoms with Crippen LogP contribution in [0.25, 0.3) is 0 Å². The predicted molar refractivity (Wildman–Crippen MR) is 69.3 cm³/mol. The minimum Gasteiger partial charge on any atom is -0.464 e. The summed E-state index contributed by atoms with van der Waals surface area (Å²) in [4.78, 5) is 11.5. The van der Waals surface area contributed by atoms with E-state index in [1.54, 1.807) is 6.20 Å². The Balaban J connectivity index is 2.24. The molecule has 2 N–H and O–H groups in total. The Morgan fingerprint density at radius 3 is 2.94 bits per heavy atom. The first kappa shape index (κ1) is 12.9. The number of carbonyl (C=O) groups excluding carboxylic acids is 1. The molecule has 5 nitrogen and oxygen atoms in total. The molecule has 0 saturated heterocycles. The first-order valence-corrected chi connectivity index (χ1v) is 6.60. The van der Waals surface area contributed by atoms with Gasteiger partial charge in [0.05, 0.1) is 18.8 Å². The standard InChI is InChI=1S/C13H21N3O2/c1-3-9-6-4-5-7-11(9)16-8-10(14)12(15-16)13(17)18-2/h8-9,11H,3-7,14H2,1-2H3. The van der Waals surface area contributed by atoms with Gasteiger partial charge in [0.2, 0.25) is 0 Å². The van der Waals surface area contributed by atoms with Crippen molar-refractivity contribution >= 4 is 11.7 Å². The van der Waals surface area contributed by atoms with Gasteiger partial charge in [-0.3, -0.25) is 4.68 Å². The van der Waals surface area contributed by atoms with E-state index in [1.165, 1.54) is 26.4 Å². The van der Waals surface area contributed by atoms with Gasteiger partial charge in [-0.15, -0.1) is 0 Å². The lowest BCUT2D eigenvalue weighted by Crippen LogP contribution is -2.23. The van der Waals surface area contributed by atoms with Crippen LogP contribution in [0.4, 0.5) is 5.69 Å². The maximum Gasteiger partial charge on any atom is 0.360 e. The van der Waals surface area contributed by atoms with Gasteiger partial charge in [-0.1, -0.05) is 26.2 Å². The van der Waals surface area contributed by atoms with Crippen molar-refractivity contribution in [2.24, 2.45) is 5.92 Å². The van der Waals surface area contributed by atoms with Crippen LogP contribution in [0.1, 0.15) is 55.6 Å². The molecule has 1 aliphatic carbocycles. The van der Waals surface area contributed by atoms with Crippen LogP contribution in [-0.2, 0) is 4.74 Å². The second kappa shape index (κ2) is 5.42. The highest BCUT2D eigenvalue weighted by Crippen LogP contribution is 2.36. The van der Waals surface area contributed by atoms with Crippen LogP contribution >= 0.6 is 0 Å². The molecule has 1 aromatic rings. The molecule has 1 heterocycles. The summed E-state index contributed by atoms with van der Waals surface area (Å²) in [7, 11) is 1.34. The van der Waals surface area contributed by atoms with Crippen molar-refractivity contribution in [1.82, 2.24) is 9.78 Å². The minimum atomic E-state index is -0.463. The van der Waals surface area contributed by atoms with Crippen molar-refractivity contribution in [3.05, 3.63) is 11.9 Å². The van der Waals surface area contributed by atoms with Gasteiger partial charge in [-0.2, -0.15) is 5.10 Å². The second-order valence-electron chi connectivity index (χ2n) is 4.92. The van der Waals surface area contributed by atoms with E-state index in [0.29, 0.717) is 17.6 Å². The number of hydrogen-bond acceptors (Lipinski definition) is 4. The number of carbonyl (C=O) groups is 1. The SMILES string of the molecule is CCC1CCCCC1n1cc(N)c(C(=O)OC)n1. The normalized spacial score (nSPS) is 23.9. The van der Waals surface area contributed by atoms with Crippen molar-refractivity contribution in [1.29, 1.82) is 0 Å². The molecule has 1 saturated carbocycles. The Labute approximate surface area is 107 Å². The van der Waals surface area contributed by atoms with Crippen LogP contribution in [0.5, 0.6) is 0 Å². The molecule has 0 bridgehead atoms. The zero-order valence-corrected chi connectivity index (χ0v) is 11.1. The molecule has 2 rings (SSSR count). The van der Waals surface area contributed by atoms with Crippen molar-refractivity contribution in [3.8, 4) is 0 Å². The minimum absolute atomic E-state index is 0.234. The molecule has 0 aliphatic heterocycles. The molecule has 0 aromatic carbocycles. The number of anilines is 1. The number of esters is 1. The fourth-order valence-corrected chi connectivity index (χ4v) is 2.84. The Morgan fingerprint density at radius 1 is 1.56 bits per heavy atom. The van der Waals surface area contributed by atoms with Gasteiger partial charge < -0.3 is 10.5 Å². The number of aromatic nitrogens is 2. The molecule has 2 atom stereocenters. The van der Waals surface area contributed by atoms with E-state index in [2.05, 4.69) is 16.8 Å². The number of methoxy groups -OCH3 is 1. The molecule has 100 valence electrons. The van der Waals surface area contributed by atoms with Gasteiger partial charge in [0.15, 0.2) is 5.69 Å². The summed E-state index contributed by atoms with van der Waals surface area (Å²) in [5, 5.41) is 4.32. The number of rotatable bonds is 3. The summed E-state index contributed by atoms with van der Waals surface area (Å²) in [5.41, 5.74) is 6.47. The van der Waals surface area contributed by atoms with E-state index in [-0.39, 0.29) is 5.69 Å². The molecule has 1 aromatic heterocycles. The van der Waals surface area contributed by atoms with Gasteiger partial charge in [0.1, 0.15) is 0 Å². The largest absolute Gasteiger partial charge is 0.464 e. The summed E-state index contributed by atoms with van der Waals surface area (Å²) in [6.45, 7) is 2.21. The highest BCUT2D eigenvalue weighted by Gasteiger charge is 2.27. The van der Waals surface area contributed by atoms with E-state index in [4.69, 9.17) is 5.73 Å². The third-order valence-corrected chi connectivity index (χ3v) is 3.87. The summed E-state index contributed by atoms with van der Waals surface area (Å²) >= 11 is 0. The quantitative estimate of drug-likeness (QED) is 0.837. The molecule has 2 unspecified atom stereocenters. The van der Waals surface area contributed by atoms with Crippen molar-refractivity contribution in [3.63, 3.8) is 0 Å². The molecule has 0 amide bonds. The predicted octanol–water partition coefficient (Wildman–Crippen LogP) is 2.39. The smallest absolute Gasteiger partial charge is 0.360 e. The molecular formula is C13H21N3O2. The molecular weight excluding hydrogens is 230 g/mol. The Bertz CT molecular complexity index is 428. The van der Waals surface area contributed by atoms with Crippen LogP contribution in [-0.4, -0.2) is 22.9 Å². The number of ether oxygens (including phenoxy) is 1. The molecule has 1 fully saturated rings. The lowest BCUT2D eigenvalue weighted by atomic mass is 9.83. The number of nitrogen functional groups attached to an aromatic ring is 1. The Kier molecular flexibility index (Phi) is 3.89. The van der Waals surface area contributed by atoms with Crippen LogP contribution in [0.15, 0.2) is 6.20 Å². The van der Waals surface area contributed by atoms with Gasteiger partial charge in [-0.25, -0.2) is 4.79 Å². The molecule has 0 spiro atoms. The summed E-state index contributed by atoms with van der Waals surface area (Å²) in [6.07, 6.45) is 7.75. The zero-order valence-electron chi connectivity index (χ0n) is 11.1. The molecule has 5 heteroatoms. The third kappa shape index (κ3) is 2.35. The van der Waals surface area contributed by atoms with Gasteiger partial charge in [0.25, 0.3) is 0 Å². The first-order chi connectivity index (χ1) is 8.67. The fourth-order valence-electron chi connectivity index (χ4n) is 2.84. The maximum absolute atomic E-state index is 11.5. The van der Waals surface area contributed by atoms with Gasteiger partial charge >= 0.3 is 5.97 Å². The average molecular weight is 251 g/mol.